The van der Waals surface area contributed by atoms with Crippen molar-refractivity contribution in [2.75, 3.05) is 18.0 Å². The quantitative estimate of drug-likeness (QED) is 0.720. The zero-order valence-corrected chi connectivity index (χ0v) is 18.6. The molecule has 1 fully saturated rings. The van der Waals surface area contributed by atoms with Crippen LogP contribution >= 0.6 is 0 Å². The van der Waals surface area contributed by atoms with Crippen molar-refractivity contribution in [3.63, 3.8) is 0 Å². The van der Waals surface area contributed by atoms with Crippen LogP contribution in [0, 0.1) is 6.92 Å². The lowest BCUT2D eigenvalue weighted by molar-refractivity contribution is -0.138. The van der Waals surface area contributed by atoms with Crippen LogP contribution in [0.25, 0.3) is 0 Å². The van der Waals surface area contributed by atoms with Crippen molar-refractivity contribution in [3.8, 4) is 0 Å². The number of nitrogens with zero attached hydrogens (tertiary/aromatic N) is 3. The third kappa shape index (κ3) is 4.73. The number of hydrogen-bond acceptors (Lipinski definition) is 5. The molecule has 7 nitrogen and oxygen atoms in total. The number of aromatic nitrogens is 1. The molecule has 1 saturated heterocycles. The fourth-order valence-corrected chi connectivity index (χ4v) is 5.54. The predicted molar refractivity (Wildman–Crippen MR) is 112 cm³/mol. The molecular weight excluding hydrogens is 447 g/mol. The van der Waals surface area contributed by atoms with Gasteiger partial charge in [0, 0.05) is 31.4 Å². The number of carboxylic acids is 1. The fourth-order valence-electron chi connectivity index (χ4n) is 3.80. The van der Waals surface area contributed by atoms with Crippen molar-refractivity contribution in [3.05, 3.63) is 53.2 Å². The summed E-state index contributed by atoms with van der Waals surface area (Å²) < 4.78 is 66.4. The highest BCUT2D eigenvalue weighted by Gasteiger charge is 2.39. The number of halogens is 3. The lowest BCUT2D eigenvalue weighted by Gasteiger charge is -2.44. The number of rotatable bonds is 5. The molecule has 1 aliphatic rings. The number of anilines is 1. The summed E-state index contributed by atoms with van der Waals surface area (Å²) in [6.07, 6.45) is -3.99. The number of pyridine rings is 1. The molecule has 11 heteroatoms. The van der Waals surface area contributed by atoms with Crippen LogP contribution in [0.3, 0.4) is 0 Å². The van der Waals surface area contributed by atoms with E-state index in [9.17, 15) is 26.4 Å². The third-order valence-electron chi connectivity index (χ3n) is 5.84. The van der Waals surface area contributed by atoms with Gasteiger partial charge in [-0.3, -0.25) is 4.79 Å². The summed E-state index contributed by atoms with van der Waals surface area (Å²) in [5.41, 5.74) is 0.262. The van der Waals surface area contributed by atoms with E-state index in [0.29, 0.717) is 16.9 Å². The lowest BCUT2D eigenvalue weighted by atomic mass is 10.1. The molecule has 1 aliphatic heterocycles. The van der Waals surface area contributed by atoms with Crippen molar-refractivity contribution in [2.45, 2.75) is 50.3 Å². The monoisotopic (exact) mass is 471 g/mol. The van der Waals surface area contributed by atoms with Crippen molar-refractivity contribution in [2.24, 2.45) is 0 Å². The van der Waals surface area contributed by atoms with E-state index in [0.717, 1.165) is 12.3 Å². The Morgan fingerprint density at radius 1 is 1.16 bits per heavy atom. The van der Waals surface area contributed by atoms with Gasteiger partial charge in [0.1, 0.15) is 5.82 Å². The molecule has 0 amide bonds. The van der Waals surface area contributed by atoms with E-state index in [-0.39, 0.29) is 30.4 Å². The maximum absolute atomic E-state index is 13.3. The Morgan fingerprint density at radius 3 is 2.41 bits per heavy atom. The largest absolute Gasteiger partial charge is 0.481 e. The second-order valence-corrected chi connectivity index (χ2v) is 9.74. The van der Waals surface area contributed by atoms with Gasteiger partial charge in [0.25, 0.3) is 0 Å². The third-order valence-corrected chi connectivity index (χ3v) is 7.83. The normalized spacial score (nSPS) is 20.4. The van der Waals surface area contributed by atoms with Gasteiger partial charge >= 0.3 is 12.1 Å². The number of hydrogen-bond donors (Lipinski definition) is 1. The van der Waals surface area contributed by atoms with E-state index in [2.05, 4.69) is 4.98 Å². The van der Waals surface area contributed by atoms with Gasteiger partial charge in [0.05, 0.1) is 16.9 Å². The van der Waals surface area contributed by atoms with E-state index in [1.54, 1.807) is 31.7 Å². The van der Waals surface area contributed by atoms with Crippen LogP contribution in [0.15, 0.2) is 41.4 Å². The highest BCUT2D eigenvalue weighted by molar-refractivity contribution is 7.89. The van der Waals surface area contributed by atoms with Gasteiger partial charge in [-0.05, 0) is 56.2 Å². The van der Waals surface area contributed by atoms with Crippen LogP contribution in [0.4, 0.5) is 19.0 Å². The molecule has 1 aromatic carbocycles. The zero-order valence-electron chi connectivity index (χ0n) is 17.8. The number of alkyl halides is 3. The Kier molecular flexibility index (Phi) is 6.52. The molecule has 2 heterocycles. The molecule has 0 bridgehead atoms. The predicted octanol–water partition coefficient (Wildman–Crippen LogP) is 3.32. The van der Waals surface area contributed by atoms with Gasteiger partial charge in [0.15, 0.2) is 0 Å². The number of sulfonamides is 1. The van der Waals surface area contributed by atoms with E-state index in [1.807, 2.05) is 0 Å². The maximum Gasteiger partial charge on any atom is 0.417 e. The Morgan fingerprint density at radius 2 is 1.84 bits per heavy atom. The number of piperazine rings is 1. The summed E-state index contributed by atoms with van der Waals surface area (Å²) in [7, 11) is -3.91. The Bertz CT molecular complexity index is 1100. The second kappa shape index (κ2) is 8.70. The van der Waals surface area contributed by atoms with Gasteiger partial charge in [-0.15, -0.1) is 0 Å². The van der Waals surface area contributed by atoms with Gasteiger partial charge in [-0.1, -0.05) is 6.07 Å². The van der Waals surface area contributed by atoms with Gasteiger partial charge in [-0.2, -0.15) is 17.5 Å². The van der Waals surface area contributed by atoms with E-state index in [4.69, 9.17) is 5.11 Å². The highest BCUT2D eigenvalue weighted by atomic mass is 32.2. The van der Waals surface area contributed by atoms with Crippen LogP contribution in [-0.2, 0) is 27.4 Å². The molecule has 3 rings (SSSR count). The fraction of sp³-hybridized carbons (Fsp3) is 0.429. The minimum Gasteiger partial charge on any atom is -0.481 e. The van der Waals surface area contributed by atoms with Crippen molar-refractivity contribution >= 4 is 21.8 Å². The molecule has 2 aromatic rings. The number of carbonyl (C=O) groups is 1. The molecule has 32 heavy (non-hydrogen) atoms. The van der Waals surface area contributed by atoms with Gasteiger partial charge in [0.2, 0.25) is 10.0 Å². The molecule has 0 radical (unpaired) electrons. The minimum atomic E-state index is -4.48. The average molecular weight is 472 g/mol. The first-order valence-corrected chi connectivity index (χ1v) is 11.4. The first kappa shape index (κ1) is 24.0. The first-order chi connectivity index (χ1) is 14.8. The average Bonchev–Trinajstić information content (AvgIpc) is 2.70. The lowest BCUT2D eigenvalue weighted by Crippen LogP contribution is -2.59. The summed E-state index contributed by atoms with van der Waals surface area (Å²) >= 11 is 0. The molecule has 0 saturated carbocycles. The molecule has 0 unspecified atom stereocenters. The molecule has 2 atom stereocenters. The summed E-state index contributed by atoms with van der Waals surface area (Å²) in [5, 5.41) is 9.08. The van der Waals surface area contributed by atoms with Crippen molar-refractivity contribution in [1.29, 1.82) is 0 Å². The van der Waals surface area contributed by atoms with Gasteiger partial charge in [-0.25, -0.2) is 13.4 Å². The topological polar surface area (TPSA) is 90.8 Å². The Labute approximate surface area is 184 Å². The maximum atomic E-state index is 13.3. The minimum absolute atomic E-state index is 0.0134. The Hall–Kier alpha value is -2.66. The van der Waals surface area contributed by atoms with Crippen LogP contribution in [-0.4, -0.2) is 54.0 Å². The summed E-state index contributed by atoms with van der Waals surface area (Å²) in [5.74, 6) is -0.712. The highest BCUT2D eigenvalue weighted by Crippen LogP contribution is 2.32. The standard InChI is InChI=1S/C21H24F3N3O4S/c1-13-4-6-18(10-16(13)11-20(28)29)32(30,31)27-9-8-26(14(2)15(27)3)19-7-5-17(12-25-19)21(22,23)24/h4-7,10,12,14-15H,8-9,11H2,1-3H3,(H,28,29)/t14-,15+/m0/s1. The van der Waals surface area contributed by atoms with Crippen molar-refractivity contribution in [1.82, 2.24) is 9.29 Å². The number of aryl methyl sites for hydroxylation is 1. The van der Waals surface area contributed by atoms with Crippen LogP contribution in [0.2, 0.25) is 0 Å². The summed E-state index contributed by atoms with van der Waals surface area (Å²) in [6, 6.07) is 5.82. The first-order valence-electron chi connectivity index (χ1n) is 9.95. The van der Waals surface area contributed by atoms with Crippen LogP contribution in [0.5, 0.6) is 0 Å². The Balaban J connectivity index is 1.84. The smallest absolute Gasteiger partial charge is 0.417 e. The van der Waals surface area contributed by atoms with E-state index >= 15 is 0 Å². The van der Waals surface area contributed by atoms with E-state index < -0.39 is 33.8 Å². The molecule has 1 aromatic heterocycles. The molecule has 0 spiro atoms. The van der Waals surface area contributed by atoms with Crippen LogP contribution in [0.1, 0.15) is 30.5 Å². The molecular formula is C21H24F3N3O4S. The number of benzene rings is 1. The molecule has 0 aliphatic carbocycles. The summed E-state index contributed by atoms with van der Waals surface area (Å²) in [6.45, 7) is 5.59. The molecule has 174 valence electrons. The summed E-state index contributed by atoms with van der Waals surface area (Å²) in [4.78, 5) is 16.8. The molecule has 1 N–H and O–H groups in total. The van der Waals surface area contributed by atoms with Gasteiger partial charge < -0.3 is 10.0 Å². The van der Waals surface area contributed by atoms with Crippen LogP contribution < -0.4 is 4.90 Å². The zero-order chi connectivity index (χ0) is 23.8. The van der Waals surface area contributed by atoms with Crippen molar-refractivity contribution < 1.29 is 31.5 Å². The number of carboxylic acid groups (broad SMARTS) is 1. The van der Waals surface area contributed by atoms with E-state index in [1.165, 1.54) is 22.5 Å². The second-order valence-electron chi connectivity index (χ2n) is 7.85. The number of aliphatic carboxylic acids is 1. The SMILES string of the molecule is Cc1ccc(S(=O)(=O)N2CCN(c3ccc(C(F)(F)F)cn3)[C@@H](C)[C@H]2C)cc1CC(=O)O.